The Balaban J connectivity index is 2.05. The Bertz CT molecular complexity index is 1340. The van der Waals surface area contributed by atoms with Crippen LogP contribution in [0.3, 0.4) is 0 Å². The van der Waals surface area contributed by atoms with E-state index in [0.717, 1.165) is 30.7 Å². The Kier molecular flexibility index (Phi) is 11.4. The molecule has 0 bridgehead atoms. The van der Waals surface area contributed by atoms with Crippen LogP contribution >= 0.6 is 0 Å². The Morgan fingerprint density at radius 2 is 1.27 bits per heavy atom. The standard InChI is InChI=1S/C28H24F13NO3/c1-3-17(2)15-44-22(43)13-8-18-4-9-20(10-5-18)42-14-19-6-11-21(12-7-19)45-16-23(29,30)24(31,32)25(33,34)26(35,36)27(37,38)28(39,40)41/h4-14,17H,3,15-16H2,1-2H3/b13-8+,42-14?. The zero-order chi connectivity index (χ0) is 34.5. The van der Waals surface area contributed by atoms with Crippen LogP contribution in [-0.2, 0) is 9.53 Å². The lowest BCUT2D eigenvalue weighted by atomic mass is 9.94. The van der Waals surface area contributed by atoms with E-state index in [1.165, 1.54) is 18.4 Å². The molecular weight excluding hydrogens is 645 g/mol. The number of carbonyl (C=O) groups excluding carboxylic acids is 1. The van der Waals surface area contributed by atoms with Crippen molar-refractivity contribution in [1.29, 1.82) is 0 Å². The number of esters is 1. The molecule has 0 saturated heterocycles. The zero-order valence-electron chi connectivity index (χ0n) is 23.1. The first-order chi connectivity index (χ1) is 20.5. The van der Waals surface area contributed by atoms with Crippen molar-refractivity contribution in [3.8, 4) is 5.75 Å². The van der Waals surface area contributed by atoms with Crippen LogP contribution in [0.2, 0.25) is 0 Å². The number of ether oxygens (including phenoxy) is 2. The van der Waals surface area contributed by atoms with Gasteiger partial charge in [-0.1, -0.05) is 32.4 Å². The van der Waals surface area contributed by atoms with Crippen LogP contribution in [0.4, 0.5) is 62.8 Å². The van der Waals surface area contributed by atoms with Crippen molar-refractivity contribution in [2.24, 2.45) is 10.9 Å². The topological polar surface area (TPSA) is 47.9 Å². The summed E-state index contributed by atoms with van der Waals surface area (Å²) >= 11 is 0. The molecule has 4 nitrogen and oxygen atoms in total. The molecule has 2 rings (SSSR count). The highest BCUT2D eigenvalue weighted by atomic mass is 19.4. The minimum Gasteiger partial charge on any atom is -0.487 e. The van der Waals surface area contributed by atoms with Crippen LogP contribution in [0, 0.1) is 5.92 Å². The van der Waals surface area contributed by atoms with E-state index in [1.54, 1.807) is 24.3 Å². The molecule has 45 heavy (non-hydrogen) atoms. The molecule has 0 aliphatic rings. The van der Waals surface area contributed by atoms with E-state index in [0.29, 0.717) is 11.3 Å². The third-order valence-electron chi connectivity index (χ3n) is 6.17. The molecule has 0 radical (unpaired) electrons. The summed E-state index contributed by atoms with van der Waals surface area (Å²) in [7, 11) is 0. The number of hydrogen-bond acceptors (Lipinski definition) is 4. The van der Waals surface area contributed by atoms with Crippen LogP contribution in [-0.4, -0.2) is 61.2 Å². The summed E-state index contributed by atoms with van der Waals surface area (Å²) in [5, 5.41) is 0. The zero-order valence-corrected chi connectivity index (χ0v) is 23.1. The second-order valence-corrected chi connectivity index (χ2v) is 9.68. The molecule has 0 aliphatic heterocycles. The van der Waals surface area contributed by atoms with E-state index in [1.807, 2.05) is 13.8 Å². The van der Waals surface area contributed by atoms with E-state index in [9.17, 15) is 61.9 Å². The maximum absolute atomic E-state index is 13.9. The number of rotatable bonds is 14. The summed E-state index contributed by atoms with van der Waals surface area (Å²) in [6.45, 7) is 1.36. The highest BCUT2D eigenvalue weighted by Crippen LogP contribution is 2.60. The van der Waals surface area contributed by atoms with Gasteiger partial charge < -0.3 is 9.47 Å². The van der Waals surface area contributed by atoms with Crippen LogP contribution in [0.15, 0.2) is 59.6 Å². The van der Waals surface area contributed by atoms with Crippen LogP contribution in [0.25, 0.3) is 6.08 Å². The second kappa shape index (κ2) is 13.7. The van der Waals surface area contributed by atoms with Gasteiger partial charge in [-0.05, 0) is 59.5 Å². The normalized spacial score (nSPS) is 14.6. The van der Waals surface area contributed by atoms with Gasteiger partial charge in [0, 0.05) is 12.3 Å². The van der Waals surface area contributed by atoms with Crippen molar-refractivity contribution in [3.05, 3.63) is 65.7 Å². The van der Waals surface area contributed by atoms with Crippen molar-refractivity contribution < 1.29 is 71.3 Å². The van der Waals surface area contributed by atoms with Gasteiger partial charge in [0.25, 0.3) is 0 Å². The number of halogens is 13. The minimum atomic E-state index is -7.97. The Hall–Kier alpha value is -3.79. The van der Waals surface area contributed by atoms with Gasteiger partial charge >= 0.3 is 41.8 Å². The SMILES string of the molecule is CCC(C)COC(=O)/C=C/c1ccc(N=Cc2ccc(OCC(F)(F)C(F)(F)C(F)(F)C(F)(F)C(F)(F)C(F)(F)F)cc2)cc1. The Morgan fingerprint density at radius 3 is 1.78 bits per heavy atom. The molecule has 17 heteroatoms. The molecule has 2 aromatic rings. The largest absolute Gasteiger partial charge is 0.487 e. The molecule has 250 valence electrons. The van der Waals surface area contributed by atoms with E-state index in [2.05, 4.69) is 9.73 Å². The molecule has 0 fully saturated rings. The Morgan fingerprint density at radius 1 is 0.756 bits per heavy atom. The maximum Gasteiger partial charge on any atom is 0.460 e. The molecule has 0 aromatic heterocycles. The van der Waals surface area contributed by atoms with Gasteiger partial charge in [-0.2, -0.15) is 57.1 Å². The van der Waals surface area contributed by atoms with E-state index in [-0.39, 0.29) is 18.1 Å². The summed E-state index contributed by atoms with van der Waals surface area (Å²) < 4.78 is 181. The Labute approximate surface area is 247 Å². The van der Waals surface area contributed by atoms with Gasteiger partial charge in [0.15, 0.2) is 6.61 Å². The number of carbonyl (C=O) groups is 1. The quantitative estimate of drug-likeness (QED) is 0.0873. The van der Waals surface area contributed by atoms with E-state index < -0.39 is 54.1 Å². The number of benzene rings is 2. The van der Waals surface area contributed by atoms with Gasteiger partial charge in [-0.15, -0.1) is 0 Å². The lowest BCUT2D eigenvalue weighted by Gasteiger charge is -2.39. The summed E-state index contributed by atoms with van der Waals surface area (Å²) in [5.74, 6) is -38.4. The number of alkyl halides is 13. The van der Waals surface area contributed by atoms with Gasteiger partial charge in [0.05, 0.1) is 12.3 Å². The first-order valence-corrected chi connectivity index (χ1v) is 12.7. The molecule has 0 N–H and O–H groups in total. The van der Waals surface area contributed by atoms with Crippen molar-refractivity contribution in [2.45, 2.75) is 56.1 Å². The molecule has 0 saturated carbocycles. The average molecular weight is 669 g/mol. The van der Waals surface area contributed by atoms with Gasteiger partial charge in [0.2, 0.25) is 0 Å². The third-order valence-corrected chi connectivity index (χ3v) is 6.17. The van der Waals surface area contributed by atoms with Gasteiger partial charge in [-0.25, -0.2) is 4.79 Å². The van der Waals surface area contributed by atoms with Crippen LogP contribution in [0.1, 0.15) is 31.4 Å². The lowest BCUT2D eigenvalue weighted by Crippen LogP contribution is -2.70. The molecule has 0 heterocycles. The third kappa shape index (κ3) is 8.28. The second-order valence-electron chi connectivity index (χ2n) is 9.68. The number of nitrogens with zero attached hydrogens (tertiary/aromatic N) is 1. The molecule has 1 unspecified atom stereocenters. The predicted molar refractivity (Wildman–Crippen MR) is 136 cm³/mol. The first-order valence-electron chi connectivity index (χ1n) is 12.7. The van der Waals surface area contributed by atoms with Crippen LogP contribution in [0.5, 0.6) is 5.75 Å². The van der Waals surface area contributed by atoms with Crippen LogP contribution < -0.4 is 4.74 Å². The smallest absolute Gasteiger partial charge is 0.460 e. The summed E-state index contributed by atoms with van der Waals surface area (Å²) in [5.41, 5.74) is 1.30. The molecule has 1 atom stereocenters. The predicted octanol–water partition coefficient (Wildman–Crippen LogP) is 9.16. The molecule has 0 spiro atoms. The number of hydrogen-bond donors (Lipinski definition) is 0. The highest BCUT2D eigenvalue weighted by molar-refractivity contribution is 5.87. The summed E-state index contributed by atoms with van der Waals surface area (Å²) in [6.07, 6.45) is -2.63. The van der Waals surface area contributed by atoms with E-state index in [4.69, 9.17) is 4.74 Å². The van der Waals surface area contributed by atoms with Gasteiger partial charge in [-0.3, -0.25) is 4.99 Å². The van der Waals surface area contributed by atoms with E-state index >= 15 is 0 Å². The maximum atomic E-state index is 13.9. The summed E-state index contributed by atoms with van der Waals surface area (Å²) in [6, 6.07) is 10.3. The fourth-order valence-corrected chi connectivity index (χ4v) is 3.09. The van der Waals surface area contributed by atoms with Crippen molar-refractivity contribution >= 4 is 23.9 Å². The first kappa shape index (κ1) is 37.4. The minimum absolute atomic E-state index is 0.216. The summed E-state index contributed by atoms with van der Waals surface area (Å²) in [4.78, 5) is 15.8. The fraction of sp³-hybridized carbons (Fsp3) is 0.429. The average Bonchev–Trinajstić information content (AvgIpc) is 2.96. The highest BCUT2D eigenvalue weighted by Gasteiger charge is 2.90. The molecule has 2 aromatic carbocycles. The molecule has 0 aliphatic carbocycles. The van der Waals surface area contributed by atoms with Gasteiger partial charge in [0.1, 0.15) is 5.75 Å². The molecular formula is C28H24F13NO3. The number of aliphatic imine (C=N–C) groups is 1. The molecule has 0 amide bonds. The lowest BCUT2D eigenvalue weighted by molar-refractivity contribution is -0.440. The van der Waals surface area contributed by atoms with Crippen molar-refractivity contribution in [2.75, 3.05) is 13.2 Å². The monoisotopic (exact) mass is 669 g/mol. The fourth-order valence-electron chi connectivity index (χ4n) is 3.09. The van der Waals surface area contributed by atoms with Crippen molar-refractivity contribution in [1.82, 2.24) is 0 Å². The van der Waals surface area contributed by atoms with Crippen molar-refractivity contribution in [3.63, 3.8) is 0 Å².